The van der Waals surface area contributed by atoms with Gasteiger partial charge in [-0.1, -0.05) is 109 Å². The summed E-state index contributed by atoms with van der Waals surface area (Å²) in [6.45, 7) is 0. The van der Waals surface area contributed by atoms with Gasteiger partial charge in [-0.15, -0.1) is 0 Å². The minimum absolute atomic E-state index is 0.165. The van der Waals surface area contributed by atoms with Gasteiger partial charge in [0, 0.05) is 38.9 Å². The summed E-state index contributed by atoms with van der Waals surface area (Å²) in [5.41, 5.74) is 15.9. The first-order chi connectivity index (χ1) is 26.7. The Labute approximate surface area is 317 Å². The van der Waals surface area contributed by atoms with Crippen molar-refractivity contribution in [1.82, 2.24) is 4.57 Å². The lowest BCUT2D eigenvalue weighted by Gasteiger charge is -2.61. The van der Waals surface area contributed by atoms with E-state index in [4.69, 9.17) is 0 Å². The van der Waals surface area contributed by atoms with Crippen molar-refractivity contribution in [2.24, 2.45) is 23.7 Å². The maximum atomic E-state index is 2.55. The molecule has 0 radical (unpaired) electrons. The van der Waals surface area contributed by atoms with Crippen LogP contribution in [0.5, 0.6) is 0 Å². The van der Waals surface area contributed by atoms with Crippen molar-refractivity contribution in [3.8, 4) is 27.9 Å². The Kier molecular flexibility index (Phi) is 6.55. The van der Waals surface area contributed by atoms with Gasteiger partial charge in [-0.2, -0.15) is 0 Å². The molecule has 13 rings (SSSR count). The first-order valence-electron chi connectivity index (χ1n) is 20.0. The fourth-order valence-corrected chi connectivity index (χ4v) is 12.1. The van der Waals surface area contributed by atoms with E-state index < -0.39 is 0 Å². The largest absolute Gasteiger partial charge is 0.310 e. The van der Waals surface area contributed by atoms with Crippen LogP contribution in [-0.2, 0) is 5.41 Å². The third kappa shape index (κ3) is 4.28. The van der Waals surface area contributed by atoms with Gasteiger partial charge in [0.05, 0.1) is 11.0 Å². The van der Waals surface area contributed by atoms with E-state index >= 15 is 0 Å². The van der Waals surface area contributed by atoms with Gasteiger partial charge in [0.25, 0.3) is 0 Å². The Balaban J connectivity index is 1.06. The van der Waals surface area contributed by atoms with E-state index in [0.29, 0.717) is 0 Å². The van der Waals surface area contributed by atoms with Crippen LogP contribution < -0.4 is 4.90 Å². The summed E-state index contributed by atoms with van der Waals surface area (Å²) in [4.78, 5) is 2.49. The van der Waals surface area contributed by atoms with Crippen molar-refractivity contribution in [2.75, 3.05) is 4.90 Å². The zero-order valence-corrected chi connectivity index (χ0v) is 30.4. The lowest BCUT2D eigenvalue weighted by atomic mass is 9.43. The van der Waals surface area contributed by atoms with Crippen molar-refractivity contribution < 1.29 is 0 Å². The predicted molar refractivity (Wildman–Crippen MR) is 224 cm³/mol. The average Bonchev–Trinajstić information content (AvgIpc) is 3.71. The van der Waals surface area contributed by atoms with Crippen molar-refractivity contribution in [3.63, 3.8) is 0 Å². The van der Waals surface area contributed by atoms with Gasteiger partial charge in [-0.25, -0.2) is 0 Å². The van der Waals surface area contributed by atoms with E-state index in [2.05, 4.69) is 179 Å². The molecule has 4 saturated carbocycles. The minimum atomic E-state index is 0.165. The average molecular weight is 695 g/mol. The summed E-state index contributed by atoms with van der Waals surface area (Å²) in [5, 5.41) is 2.53. The van der Waals surface area contributed by atoms with Crippen molar-refractivity contribution in [2.45, 2.75) is 37.5 Å². The number of fused-ring (bicyclic) bond motifs is 6. The molecule has 4 fully saturated rings. The van der Waals surface area contributed by atoms with Crippen molar-refractivity contribution in [3.05, 3.63) is 181 Å². The summed E-state index contributed by atoms with van der Waals surface area (Å²) >= 11 is 0. The molecular weight excluding hydrogens is 653 g/mol. The quantitative estimate of drug-likeness (QED) is 0.174. The van der Waals surface area contributed by atoms with Crippen LogP contribution in [0.1, 0.15) is 43.2 Å². The smallest absolute Gasteiger partial charge is 0.0542 e. The molecule has 0 unspecified atom stereocenters. The van der Waals surface area contributed by atoms with E-state index in [1.807, 2.05) is 0 Å². The van der Waals surface area contributed by atoms with Crippen molar-refractivity contribution >= 4 is 38.9 Å². The molecule has 7 aromatic carbocycles. The van der Waals surface area contributed by atoms with Crippen LogP contribution in [-0.4, -0.2) is 4.57 Å². The zero-order valence-electron chi connectivity index (χ0n) is 30.4. The van der Waals surface area contributed by atoms with Gasteiger partial charge in [-0.05, 0) is 150 Å². The van der Waals surface area contributed by atoms with Gasteiger partial charge in [0.15, 0.2) is 0 Å². The molecule has 1 heterocycles. The van der Waals surface area contributed by atoms with Gasteiger partial charge in [0.2, 0.25) is 0 Å². The third-order valence-electron chi connectivity index (χ3n) is 14.0. The molecule has 0 aliphatic heterocycles. The lowest BCUT2D eigenvalue weighted by Crippen LogP contribution is -2.55. The highest BCUT2D eigenvalue weighted by atomic mass is 15.1. The molecule has 5 aliphatic rings. The number of hydrogen-bond donors (Lipinski definition) is 0. The zero-order chi connectivity index (χ0) is 35.4. The summed E-state index contributed by atoms with van der Waals surface area (Å²) in [5.74, 6) is 3.39. The summed E-state index contributed by atoms with van der Waals surface area (Å²) < 4.78 is 2.41. The number of nitrogens with zero attached hydrogens (tertiary/aromatic N) is 2. The summed E-state index contributed by atoms with van der Waals surface area (Å²) in [6, 6.07) is 63.6. The molecule has 5 aliphatic carbocycles. The van der Waals surface area contributed by atoms with Crippen LogP contribution in [0.15, 0.2) is 170 Å². The first-order valence-corrected chi connectivity index (χ1v) is 20.0. The standard InChI is InChI=1S/C52H42N2/c1-3-11-36(12-4-1)37-19-21-41(22-20-37)53(43-24-26-51-47(33-43)45-16-8-10-18-50(45)54(51)40-13-5-2-6-14-40)42-23-25-49-46(32-42)44-15-7-9-17-48(44)52(49)38-28-34-27-35(30-38)31-39(52)29-34/h1-26,32-35,38-39H,27-31H2. The monoisotopic (exact) mass is 694 g/mol. The van der Waals surface area contributed by atoms with E-state index in [-0.39, 0.29) is 5.41 Å². The van der Waals surface area contributed by atoms with Crippen LogP contribution in [0.25, 0.3) is 49.7 Å². The van der Waals surface area contributed by atoms with E-state index in [0.717, 1.165) is 29.4 Å². The molecule has 260 valence electrons. The van der Waals surface area contributed by atoms with Crippen molar-refractivity contribution in [1.29, 1.82) is 0 Å². The van der Waals surface area contributed by atoms with E-state index in [1.165, 1.54) is 93.2 Å². The number of hydrogen-bond acceptors (Lipinski definition) is 1. The minimum Gasteiger partial charge on any atom is -0.310 e. The maximum Gasteiger partial charge on any atom is 0.0542 e. The normalized spacial score (nSPS) is 23.3. The number of para-hydroxylation sites is 2. The molecule has 0 amide bonds. The second-order valence-electron chi connectivity index (χ2n) is 16.6. The van der Waals surface area contributed by atoms with Gasteiger partial charge >= 0.3 is 0 Å². The highest BCUT2D eigenvalue weighted by molar-refractivity contribution is 6.10. The van der Waals surface area contributed by atoms with Crippen LogP contribution in [0.4, 0.5) is 17.1 Å². The molecule has 1 aromatic heterocycles. The van der Waals surface area contributed by atoms with Crippen LogP contribution in [0, 0.1) is 23.7 Å². The fourth-order valence-electron chi connectivity index (χ4n) is 12.1. The first kappa shape index (κ1) is 30.6. The third-order valence-corrected chi connectivity index (χ3v) is 14.0. The lowest BCUT2D eigenvalue weighted by molar-refractivity contribution is -0.0399. The number of benzene rings is 7. The fraction of sp³-hybridized carbons (Fsp3) is 0.192. The van der Waals surface area contributed by atoms with Crippen LogP contribution >= 0.6 is 0 Å². The van der Waals surface area contributed by atoms with E-state index in [1.54, 1.807) is 11.1 Å². The highest BCUT2D eigenvalue weighted by Gasteiger charge is 2.61. The van der Waals surface area contributed by atoms with Gasteiger partial charge in [0.1, 0.15) is 0 Å². The molecular formula is C52H42N2. The van der Waals surface area contributed by atoms with Gasteiger partial charge < -0.3 is 9.47 Å². The van der Waals surface area contributed by atoms with Crippen LogP contribution in [0.3, 0.4) is 0 Å². The SMILES string of the molecule is c1ccc(-c2ccc(N(c3ccc4c(c3)-c3ccccc3C43C4CC5CC(C4)CC3C5)c3ccc4c(c3)c3ccccc3n4-c3ccccc3)cc2)cc1. The molecule has 1 spiro atoms. The second kappa shape index (κ2) is 11.6. The maximum absolute atomic E-state index is 2.55. The summed E-state index contributed by atoms with van der Waals surface area (Å²) in [7, 11) is 0. The molecule has 0 atom stereocenters. The van der Waals surface area contributed by atoms with Crippen LogP contribution in [0.2, 0.25) is 0 Å². The molecule has 54 heavy (non-hydrogen) atoms. The Hall–Kier alpha value is -5.86. The predicted octanol–water partition coefficient (Wildman–Crippen LogP) is 13.6. The number of anilines is 3. The molecule has 4 bridgehead atoms. The molecule has 2 nitrogen and oxygen atoms in total. The topological polar surface area (TPSA) is 8.17 Å². The highest BCUT2D eigenvalue weighted by Crippen LogP contribution is 2.69. The Morgan fingerprint density at radius 2 is 1.00 bits per heavy atom. The summed E-state index contributed by atoms with van der Waals surface area (Å²) in [6.07, 6.45) is 7.08. The Morgan fingerprint density at radius 3 is 1.78 bits per heavy atom. The number of aromatic nitrogens is 1. The van der Waals surface area contributed by atoms with Gasteiger partial charge in [-0.3, -0.25) is 0 Å². The molecule has 2 heteroatoms. The Bertz CT molecular complexity index is 2690. The second-order valence-corrected chi connectivity index (χ2v) is 16.6. The molecule has 0 N–H and O–H groups in total. The molecule has 0 saturated heterocycles. The van der Waals surface area contributed by atoms with E-state index in [9.17, 15) is 0 Å². The number of rotatable bonds is 5. The molecule has 8 aromatic rings. The Morgan fingerprint density at radius 1 is 0.426 bits per heavy atom.